The molecule has 0 bridgehead atoms. The fourth-order valence-corrected chi connectivity index (χ4v) is 0.709. The van der Waals surface area contributed by atoms with Crippen LogP contribution < -0.4 is 5.32 Å². The van der Waals surface area contributed by atoms with Gasteiger partial charge in [0, 0.05) is 5.70 Å². The molecular formula is C11H17NO2. The van der Waals surface area contributed by atoms with E-state index in [0.29, 0.717) is 12.3 Å². The van der Waals surface area contributed by atoms with E-state index in [0.717, 1.165) is 6.42 Å². The predicted octanol–water partition coefficient (Wildman–Crippen LogP) is 2.77. The summed E-state index contributed by atoms with van der Waals surface area (Å²) >= 11 is 0. The highest BCUT2D eigenvalue weighted by molar-refractivity contribution is 5.70. The molecule has 0 unspecified atom stereocenters. The molecule has 78 valence electrons. The zero-order valence-electron chi connectivity index (χ0n) is 8.75. The molecule has 0 fully saturated rings. The maximum atomic E-state index is 11.1. The van der Waals surface area contributed by atoms with Gasteiger partial charge in [0.2, 0.25) is 0 Å². The minimum atomic E-state index is -0.442. The Morgan fingerprint density at radius 2 is 2.29 bits per heavy atom. The zero-order valence-corrected chi connectivity index (χ0v) is 8.75. The highest BCUT2D eigenvalue weighted by Crippen LogP contribution is 1.93. The largest absolute Gasteiger partial charge is 0.449 e. The van der Waals surface area contributed by atoms with Crippen molar-refractivity contribution in [2.45, 2.75) is 20.3 Å². The third-order valence-electron chi connectivity index (χ3n) is 1.37. The van der Waals surface area contributed by atoms with Gasteiger partial charge >= 0.3 is 6.09 Å². The Labute approximate surface area is 85.1 Å². The molecule has 0 aromatic rings. The molecule has 1 amide bonds. The molecular weight excluding hydrogens is 178 g/mol. The molecule has 0 aliphatic rings. The second kappa shape index (κ2) is 8.10. The maximum Gasteiger partial charge on any atom is 0.411 e. The summed E-state index contributed by atoms with van der Waals surface area (Å²) in [5.41, 5.74) is 0.629. The lowest BCUT2D eigenvalue weighted by molar-refractivity contribution is 0.149. The first-order chi connectivity index (χ1) is 6.74. The van der Waals surface area contributed by atoms with Crippen LogP contribution in [0.5, 0.6) is 0 Å². The smallest absolute Gasteiger partial charge is 0.411 e. The summed E-state index contributed by atoms with van der Waals surface area (Å²) in [5, 5.41) is 2.57. The van der Waals surface area contributed by atoms with Crippen molar-refractivity contribution < 1.29 is 9.53 Å². The Balaban J connectivity index is 4.05. The van der Waals surface area contributed by atoms with Crippen molar-refractivity contribution in [2.24, 2.45) is 0 Å². The van der Waals surface area contributed by atoms with Crippen molar-refractivity contribution in [3.05, 3.63) is 36.6 Å². The van der Waals surface area contributed by atoms with E-state index in [1.54, 1.807) is 12.2 Å². The van der Waals surface area contributed by atoms with E-state index in [9.17, 15) is 4.79 Å². The topological polar surface area (TPSA) is 38.3 Å². The van der Waals surface area contributed by atoms with Gasteiger partial charge in [0.15, 0.2) is 0 Å². The number of carbonyl (C=O) groups excluding carboxylic acids is 1. The minimum Gasteiger partial charge on any atom is -0.449 e. The van der Waals surface area contributed by atoms with E-state index in [4.69, 9.17) is 4.74 Å². The maximum absolute atomic E-state index is 11.1. The molecule has 0 spiro atoms. The molecule has 1 N–H and O–H groups in total. The van der Waals surface area contributed by atoms with Gasteiger partial charge in [-0.3, -0.25) is 5.32 Å². The summed E-state index contributed by atoms with van der Waals surface area (Å²) in [7, 11) is 0. The van der Waals surface area contributed by atoms with E-state index >= 15 is 0 Å². The summed E-state index contributed by atoms with van der Waals surface area (Å²) in [5.74, 6) is 0. The van der Waals surface area contributed by atoms with Crippen LogP contribution in [-0.2, 0) is 4.74 Å². The van der Waals surface area contributed by atoms with E-state index in [1.807, 2.05) is 26.0 Å². The Morgan fingerprint density at radius 3 is 2.79 bits per heavy atom. The third kappa shape index (κ3) is 6.06. The van der Waals surface area contributed by atoms with Crippen LogP contribution in [-0.4, -0.2) is 12.7 Å². The average Bonchev–Trinajstić information content (AvgIpc) is 2.21. The highest BCUT2D eigenvalue weighted by atomic mass is 16.5. The van der Waals surface area contributed by atoms with Crippen molar-refractivity contribution >= 4 is 6.09 Å². The number of amides is 1. The van der Waals surface area contributed by atoms with Gasteiger partial charge in [0.05, 0.1) is 6.61 Å². The van der Waals surface area contributed by atoms with Crippen LogP contribution in [0, 0.1) is 0 Å². The van der Waals surface area contributed by atoms with Gasteiger partial charge in [0.25, 0.3) is 0 Å². The second-order valence-corrected chi connectivity index (χ2v) is 2.61. The lowest BCUT2D eigenvalue weighted by atomic mass is 10.3. The standard InChI is InChI=1S/C11H17NO2/c1-4-7-8-10(6-3)12-11(13)14-9-5-2/h4,6-8H,3,5,9H2,1-2H3,(H,12,13)/b7-4-,10-8+. The number of alkyl carbamates (subject to hydrolysis) is 1. The van der Waals surface area contributed by atoms with Crippen molar-refractivity contribution in [3.8, 4) is 0 Å². The van der Waals surface area contributed by atoms with Crippen molar-refractivity contribution in [1.82, 2.24) is 5.32 Å². The zero-order chi connectivity index (χ0) is 10.8. The van der Waals surface area contributed by atoms with E-state index in [2.05, 4.69) is 11.9 Å². The number of ether oxygens (including phenoxy) is 1. The molecule has 3 nitrogen and oxygen atoms in total. The second-order valence-electron chi connectivity index (χ2n) is 2.61. The van der Waals surface area contributed by atoms with Crippen molar-refractivity contribution in [2.75, 3.05) is 6.61 Å². The number of allylic oxidation sites excluding steroid dienone is 4. The number of carbonyl (C=O) groups is 1. The van der Waals surface area contributed by atoms with Gasteiger partial charge in [-0.2, -0.15) is 0 Å². The van der Waals surface area contributed by atoms with Gasteiger partial charge in [-0.05, 0) is 25.5 Å². The van der Waals surface area contributed by atoms with Crippen LogP contribution in [0.2, 0.25) is 0 Å². The number of hydrogen-bond donors (Lipinski definition) is 1. The third-order valence-corrected chi connectivity index (χ3v) is 1.37. The molecule has 14 heavy (non-hydrogen) atoms. The first kappa shape index (κ1) is 12.5. The number of hydrogen-bond acceptors (Lipinski definition) is 2. The molecule has 0 atom stereocenters. The summed E-state index contributed by atoms with van der Waals surface area (Å²) in [6, 6.07) is 0. The van der Waals surface area contributed by atoms with E-state index in [1.165, 1.54) is 0 Å². The van der Waals surface area contributed by atoms with Crippen molar-refractivity contribution in [3.63, 3.8) is 0 Å². The quantitative estimate of drug-likeness (QED) is 0.685. The van der Waals surface area contributed by atoms with Gasteiger partial charge < -0.3 is 4.74 Å². The Kier molecular flexibility index (Phi) is 7.23. The first-order valence-corrected chi connectivity index (χ1v) is 4.63. The Hall–Kier alpha value is -1.51. The molecule has 0 rings (SSSR count). The van der Waals surface area contributed by atoms with Crippen LogP contribution in [0.1, 0.15) is 20.3 Å². The monoisotopic (exact) mass is 195 g/mol. The van der Waals surface area contributed by atoms with Crippen LogP contribution in [0.15, 0.2) is 36.6 Å². The van der Waals surface area contributed by atoms with Crippen molar-refractivity contribution in [1.29, 1.82) is 0 Å². The number of rotatable bonds is 5. The van der Waals surface area contributed by atoms with E-state index < -0.39 is 6.09 Å². The predicted molar refractivity (Wildman–Crippen MR) is 57.9 cm³/mol. The molecule has 0 heterocycles. The first-order valence-electron chi connectivity index (χ1n) is 4.63. The average molecular weight is 195 g/mol. The molecule has 0 saturated carbocycles. The van der Waals surface area contributed by atoms with Gasteiger partial charge in [-0.25, -0.2) is 4.79 Å². The van der Waals surface area contributed by atoms with Crippen LogP contribution in [0.4, 0.5) is 4.79 Å². The molecule has 0 aromatic heterocycles. The summed E-state index contributed by atoms with van der Waals surface area (Å²) in [4.78, 5) is 11.1. The lowest BCUT2D eigenvalue weighted by Crippen LogP contribution is -2.23. The molecule has 0 aliphatic heterocycles. The summed E-state index contributed by atoms with van der Waals surface area (Å²) in [6.07, 6.45) is 7.37. The number of nitrogens with one attached hydrogen (secondary N) is 1. The molecule has 0 radical (unpaired) electrons. The lowest BCUT2D eigenvalue weighted by Gasteiger charge is -2.05. The summed E-state index contributed by atoms with van der Waals surface area (Å²) < 4.78 is 4.84. The molecule has 0 aliphatic carbocycles. The van der Waals surface area contributed by atoms with Crippen LogP contribution in [0.25, 0.3) is 0 Å². The van der Waals surface area contributed by atoms with Crippen LogP contribution in [0.3, 0.4) is 0 Å². The van der Waals surface area contributed by atoms with Gasteiger partial charge in [-0.15, -0.1) is 0 Å². The Morgan fingerprint density at radius 1 is 1.57 bits per heavy atom. The molecule has 0 aromatic carbocycles. The SMILES string of the molecule is C=C/C(=C\C=C/C)NC(=O)OCCC. The normalized spacial score (nSPS) is 11.4. The molecule has 3 heteroatoms. The fourth-order valence-electron chi connectivity index (χ4n) is 0.709. The highest BCUT2D eigenvalue weighted by Gasteiger charge is 2.00. The van der Waals surface area contributed by atoms with Gasteiger partial charge in [0.1, 0.15) is 0 Å². The molecule has 0 saturated heterocycles. The van der Waals surface area contributed by atoms with Crippen LogP contribution >= 0.6 is 0 Å². The Bertz CT molecular complexity index is 242. The van der Waals surface area contributed by atoms with Gasteiger partial charge in [-0.1, -0.05) is 25.7 Å². The van der Waals surface area contributed by atoms with E-state index in [-0.39, 0.29) is 0 Å². The summed E-state index contributed by atoms with van der Waals surface area (Å²) in [6.45, 7) is 7.84. The fraction of sp³-hybridized carbons (Fsp3) is 0.364. The minimum absolute atomic E-state index is 0.430.